The second-order valence-electron chi connectivity index (χ2n) is 7.63. The van der Waals surface area contributed by atoms with Gasteiger partial charge >= 0.3 is 0 Å². The number of hydrogen-bond acceptors (Lipinski definition) is 5. The molecule has 0 radical (unpaired) electrons. The van der Waals surface area contributed by atoms with E-state index in [-0.39, 0.29) is 6.04 Å². The first-order chi connectivity index (χ1) is 12.3. The van der Waals surface area contributed by atoms with Crippen LogP contribution in [-0.4, -0.2) is 37.3 Å². The monoisotopic (exact) mass is 383 g/mol. The lowest BCUT2D eigenvalue weighted by Gasteiger charge is -2.32. The van der Waals surface area contributed by atoms with Crippen LogP contribution in [0.2, 0.25) is 0 Å². The van der Waals surface area contributed by atoms with Gasteiger partial charge in [0.2, 0.25) is 15.9 Å². The van der Waals surface area contributed by atoms with Gasteiger partial charge in [-0.1, -0.05) is 13.0 Å². The molecule has 0 aromatic carbocycles. The van der Waals surface area contributed by atoms with Crippen molar-refractivity contribution in [3.8, 4) is 5.88 Å². The lowest BCUT2D eigenvalue weighted by molar-refractivity contribution is 0.320. The molecule has 1 heterocycles. The van der Waals surface area contributed by atoms with E-state index in [2.05, 4.69) is 15.0 Å². The number of sulfonamides is 1. The molecule has 1 aromatic heterocycles. The Morgan fingerprint density at radius 1 is 1.19 bits per heavy atom. The van der Waals surface area contributed by atoms with E-state index in [1.165, 1.54) is 0 Å². The Balaban J connectivity index is 1.79. The molecule has 2 rings (SSSR count). The minimum atomic E-state index is -3.28. The molecular formula is C19H33N3O3S. The summed E-state index contributed by atoms with van der Waals surface area (Å²) in [7, 11) is -3.28. The fourth-order valence-corrected chi connectivity index (χ4v) is 4.42. The molecule has 26 heavy (non-hydrogen) atoms. The Morgan fingerprint density at radius 3 is 2.50 bits per heavy atom. The van der Waals surface area contributed by atoms with Gasteiger partial charge in [0.25, 0.3) is 0 Å². The molecule has 0 amide bonds. The third-order valence-electron chi connectivity index (χ3n) is 5.34. The van der Waals surface area contributed by atoms with Gasteiger partial charge in [-0.3, -0.25) is 0 Å². The van der Waals surface area contributed by atoms with Crippen molar-refractivity contribution in [2.45, 2.75) is 70.6 Å². The molecule has 1 saturated carbocycles. The third kappa shape index (κ3) is 5.58. The Morgan fingerprint density at radius 2 is 1.88 bits per heavy atom. The molecule has 0 bridgehead atoms. The largest absolute Gasteiger partial charge is 0.478 e. The Kier molecular flexibility index (Phi) is 7.29. The summed E-state index contributed by atoms with van der Waals surface area (Å²) in [6.07, 6.45) is 4.40. The van der Waals surface area contributed by atoms with Crippen LogP contribution < -0.4 is 14.8 Å². The van der Waals surface area contributed by atoms with Crippen LogP contribution in [0.5, 0.6) is 5.88 Å². The van der Waals surface area contributed by atoms with E-state index in [9.17, 15) is 8.42 Å². The summed E-state index contributed by atoms with van der Waals surface area (Å²) in [4.78, 5) is 4.42. The molecule has 1 aromatic rings. The van der Waals surface area contributed by atoms with Crippen LogP contribution in [0.1, 0.15) is 59.8 Å². The van der Waals surface area contributed by atoms with Crippen molar-refractivity contribution < 1.29 is 13.2 Å². The lowest BCUT2D eigenvalue weighted by atomic mass is 9.86. The molecule has 0 atom stereocenters. The highest BCUT2D eigenvalue weighted by molar-refractivity contribution is 7.90. The van der Waals surface area contributed by atoms with Crippen molar-refractivity contribution in [1.29, 1.82) is 0 Å². The number of nitrogens with zero attached hydrogens (tertiary/aromatic N) is 1. The molecule has 2 N–H and O–H groups in total. The Hall–Kier alpha value is -1.34. The summed E-state index contributed by atoms with van der Waals surface area (Å²) in [6, 6.07) is 5.78. The molecule has 0 spiro atoms. The first kappa shape index (κ1) is 21.0. The molecule has 0 aliphatic heterocycles. The van der Waals surface area contributed by atoms with Crippen LogP contribution in [0.4, 0.5) is 5.82 Å². The average molecular weight is 384 g/mol. The maximum absolute atomic E-state index is 12.5. The normalized spacial score (nSPS) is 21.4. The first-order valence-electron chi connectivity index (χ1n) is 9.63. The highest BCUT2D eigenvalue weighted by Gasteiger charge is 2.35. The molecule has 1 aliphatic rings. The molecule has 6 nitrogen and oxygen atoms in total. The molecule has 7 heteroatoms. The average Bonchev–Trinajstić information content (AvgIpc) is 2.61. The minimum Gasteiger partial charge on any atom is -0.478 e. The highest BCUT2D eigenvalue weighted by Crippen LogP contribution is 2.27. The maximum Gasteiger partial charge on any atom is 0.217 e. The molecular weight excluding hydrogens is 350 g/mol. The van der Waals surface area contributed by atoms with Crippen molar-refractivity contribution in [3.63, 3.8) is 0 Å². The van der Waals surface area contributed by atoms with Crippen LogP contribution >= 0.6 is 0 Å². The zero-order chi connectivity index (χ0) is 19.2. The second kappa shape index (κ2) is 9.04. The van der Waals surface area contributed by atoms with Crippen molar-refractivity contribution in [3.05, 3.63) is 18.2 Å². The van der Waals surface area contributed by atoms with Gasteiger partial charge in [-0.25, -0.2) is 13.1 Å². The summed E-state index contributed by atoms with van der Waals surface area (Å²) in [5.41, 5.74) is 0. The van der Waals surface area contributed by atoms with E-state index >= 15 is 0 Å². The fourth-order valence-electron chi connectivity index (χ4n) is 3.04. The Labute approximate surface area is 158 Å². The topological polar surface area (TPSA) is 80.3 Å². The summed E-state index contributed by atoms with van der Waals surface area (Å²) < 4.78 is 32.6. The molecule has 0 saturated heterocycles. The number of anilines is 1. The first-order valence-corrected chi connectivity index (χ1v) is 11.1. The van der Waals surface area contributed by atoms with Crippen LogP contribution in [0.3, 0.4) is 0 Å². The smallest absolute Gasteiger partial charge is 0.217 e. The number of nitrogens with one attached hydrogen (secondary N) is 2. The summed E-state index contributed by atoms with van der Waals surface area (Å²) in [5.74, 6) is 1.99. The zero-order valence-corrected chi connectivity index (χ0v) is 17.2. The molecule has 148 valence electrons. The zero-order valence-electron chi connectivity index (χ0n) is 16.4. The van der Waals surface area contributed by atoms with Gasteiger partial charge in [-0.05, 0) is 64.9 Å². The van der Waals surface area contributed by atoms with Crippen molar-refractivity contribution in [1.82, 2.24) is 9.71 Å². The van der Waals surface area contributed by atoms with Gasteiger partial charge < -0.3 is 10.1 Å². The SMILES string of the molecule is CCOc1cccc(NCC2CCC(NS(=O)(=O)C(C)(C)CC)CC2)n1. The van der Waals surface area contributed by atoms with Gasteiger partial charge in [0.05, 0.1) is 11.4 Å². The number of ether oxygens (including phenoxy) is 1. The Bertz CT molecular complexity index is 668. The molecule has 1 aliphatic carbocycles. The predicted octanol–water partition coefficient (Wildman–Crippen LogP) is 3.56. The van der Waals surface area contributed by atoms with Crippen LogP contribution in [0.15, 0.2) is 18.2 Å². The van der Waals surface area contributed by atoms with Crippen LogP contribution in [0, 0.1) is 5.92 Å². The number of hydrogen-bond donors (Lipinski definition) is 2. The van der Waals surface area contributed by atoms with Crippen molar-refractivity contribution in [2.24, 2.45) is 5.92 Å². The lowest BCUT2D eigenvalue weighted by Crippen LogP contribution is -2.47. The molecule has 1 fully saturated rings. The van der Waals surface area contributed by atoms with E-state index in [4.69, 9.17) is 4.74 Å². The van der Waals surface area contributed by atoms with E-state index in [1.54, 1.807) is 13.8 Å². The number of pyridine rings is 1. The second-order valence-corrected chi connectivity index (χ2v) is 9.97. The van der Waals surface area contributed by atoms with E-state index < -0.39 is 14.8 Å². The van der Waals surface area contributed by atoms with E-state index in [0.29, 0.717) is 24.8 Å². The van der Waals surface area contributed by atoms with Gasteiger partial charge in [-0.2, -0.15) is 4.98 Å². The third-order valence-corrected chi connectivity index (χ3v) is 7.72. The van der Waals surface area contributed by atoms with Crippen molar-refractivity contribution >= 4 is 15.8 Å². The number of rotatable bonds is 9. The molecule has 0 unspecified atom stereocenters. The predicted molar refractivity (Wildman–Crippen MR) is 106 cm³/mol. The summed E-state index contributed by atoms with van der Waals surface area (Å²) in [6.45, 7) is 8.88. The van der Waals surface area contributed by atoms with Crippen LogP contribution in [-0.2, 0) is 10.0 Å². The van der Waals surface area contributed by atoms with Crippen molar-refractivity contribution in [2.75, 3.05) is 18.5 Å². The highest BCUT2D eigenvalue weighted by atomic mass is 32.2. The summed E-state index contributed by atoms with van der Waals surface area (Å²) >= 11 is 0. The standard InChI is InChI=1S/C19H33N3O3S/c1-5-19(3,4)26(23,24)22-16-12-10-15(11-13-16)14-20-17-8-7-9-18(21-17)25-6-2/h7-9,15-16,22H,5-6,10-14H2,1-4H3,(H,20,21). The minimum absolute atomic E-state index is 0.0569. The van der Waals surface area contributed by atoms with E-state index in [0.717, 1.165) is 38.0 Å². The maximum atomic E-state index is 12.5. The fraction of sp³-hybridized carbons (Fsp3) is 0.737. The van der Waals surface area contributed by atoms with Gasteiger partial charge in [-0.15, -0.1) is 0 Å². The van der Waals surface area contributed by atoms with Crippen LogP contribution in [0.25, 0.3) is 0 Å². The number of aromatic nitrogens is 1. The quantitative estimate of drug-likeness (QED) is 0.681. The summed E-state index contributed by atoms with van der Waals surface area (Å²) in [5, 5.41) is 3.38. The van der Waals surface area contributed by atoms with Gasteiger partial charge in [0.1, 0.15) is 5.82 Å². The van der Waals surface area contributed by atoms with E-state index in [1.807, 2.05) is 32.0 Å². The van der Waals surface area contributed by atoms with Gasteiger partial charge in [0, 0.05) is 18.7 Å². The van der Waals surface area contributed by atoms with Gasteiger partial charge in [0.15, 0.2) is 0 Å².